The molecule has 1 saturated heterocycles. The highest BCUT2D eigenvalue weighted by atomic mass is 19.1. The van der Waals surface area contributed by atoms with E-state index in [0.717, 1.165) is 57.2 Å². The van der Waals surface area contributed by atoms with E-state index >= 15 is 0 Å². The zero-order chi connectivity index (χ0) is 19.4. The fourth-order valence-corrected chi connectivity index (χ4v) is 4.54. The van der Waals surface area contributed by atoms with E-state index in [2.05, 4.69) is 17.1 Å². The van der Waals surface area contributed by atoms with Gasteiger partial charge < -0.3 is 10.1 Å². The molecule has 0 radical (unpaired) electrons. The van der Waals surface area contributed by atoms with E-state index in [1.807, 2.05) is 13.0 Å². The predicted molar refractivity (Wildman–Crippen MR) is 106 cm³/mol. The van der Waals surface area contributed by atoms with Gasteiger partial charge in [0.1, 0.15) is 11.6 Å². The van der Waals surface area contributed by atoms with Gasteiger partial charge in [-0.1, -0.05) is 19.9 Å². The van der Waals surface area contributed by atoms with Gasteiger partial charge in [0, 0.05) is 37.2 Å². The summed E-state index contributed by atoms with van der Waals surface area (Å²) in [5.74, 6) is 1.16. The summed E-state index contributed by atoms with van der Waals surface area (Å²) in [4.78, 5) is 14.7. The topological polar surface area (TPSA) is 41.6 Å². The molecule has 1 heterocycles. The number of likely N-dealkylation sites (tertiary alicyclic amines) is 1. The Bertz CT molecular complexity index is 643. The molecule has 150 valence electrons. The quantitative estimate of drug-likeness (QED) is 0.813. The monoisotopic (exact) mass is 376 g/mol. The van der Waals surface area contributed by atoms with Crippen molar-refractivity contribution in [1.29, 1.82) is 0 Å². The molecule has 2 fully saturated rings. The van der Waals surface area contributed by atoms with Crippen LogP contribution in [-0.2, 0) is 4.79 Å². The largest absolute Gasteiger partial charge is 0.496 e. The van der Waals surface area contributed by atoms with Gasteiger partial charge in [0.2, 0.25) is 5.91 Å². The van der Waals surface area contributed by atoms with Gasteiger partial charge in [-0.15, -0.1) is 0 Å². The van der Waals surface area contributed by atoms with Gasteiger partial charge >= 0.3 is 0 Å². The minimum absolute atomic E-state index is 0.0974. The highest BCUT2D eigenvalue weighted by Crippen LogP contribution is 2.39. The van der Waals surface area contributed by atoms with Gasteiger partial charge in [0.25, 0.3) is 0 Å². The van der Waals surface area contributed by atoms with Crippen molar-refractivity contribution < 1.29 is 13.9 Å². The molecule has 0 aromatic heterocycles. The Morgan fingerprint density at radius 1 is 1.30 bits per heavy atom. The van der Waals surface area contributed by atoms with E-state index in [-0.39, 0.29) is 17.6 Å². The Hall–Kier alpha value is -1.62. The lowest BCUT2D eigenvalue weighted by molar-refractivity contribution is -0.125. The third-order valence-electron chi connectivity index (χ3n) is 6.47. The van der Waals surface area contributed by atoms with E-state index in [4.69, 9.17) is 4.74 Å². The maximum absolute atomic E-state index is 13.5. The van der Waals surface area contributed by atoms with E-state index < -0.39 is 0 Å². The number of methoxy groups -OCH3 is 1. The van der Waals surface area contributed by atoms with Crippen LogP contribution in [0.5, 0.6) is 5.75 Å². The number of nitrogens with one attached hydrogen (secondary N) is 1. The summed E-state index contributed by atoms with van der Waals surface area (Å²) in [6, 6.07) is 5.80. The summed E-state index contributed by atoms with van der Waals surface area (Å²) in [5.41, 5.74) is 1.14. The minimum Gasteiger partial charge on any atom is -0.496 e. The smallest absolute Gasteiger partial charge is 0.223 e. The summed E-state index contributed by atoms with van der Waals surface area (Å²) in [6.07, 6.45) is 6.45. The lowest BCUT2D eigenvalue weighted by Crippen LogP contribution is -2.42. The van der Waals surface area contributed by atoms with Gasteiger partial charge in [0.15, 0.2) is 0 Å². The molecule has 1 saturated carbocycles. The van der Waals surface area contributed by atoms with Crippen molar-refractivity contribution >= 4 is 5.91 Å². The zero-order valence-electron chi connectivity index (χ0n) is 16.8. The average molecular weight is 377 g/mol. The SMILES string of the molecule is CCC(C)C(=O)NC1CCN(C2CCC(c3ccc(F)cc3OC)CC2)C1. The molecule has 1 aliphatic carbocycles. The minimum atomic E-state index is -0.244. The second-order valence-electron chi connectivity index (χ2n) is 8.19. The van der Waals surface area contributed by atoms with Crippen LogP contribution in [0.1, 0.15) is 63.9 Å². The predicted octanol–water partition coefficient (Wildman–Crippen LogP) is 4.10. The lowest BCUT2D eigenvalue weighted by Gasteiger charge is -2.35. The number of ether oxygens (including phenoxy) is 1. The second-order valence-corrected chi connectivity index (χ2v) is 8.19. The number of hydrogen-bond donors (Lipinski definition) is 1. The van der Waals surface area contributed by atoms with Crippen molar-refractivity contribution in [3.05, 3.63) is 29.6 Å². The van der Waals surface area contributed by atoms with Crippen LogP contribution in [0.15, 0.2) is 18.2 Å². The van der Waals surface area contributed by atoms with Gasteiger partial charge in [0.05, 0.1) is 7.11 Å². The number of carbonyl (C=O) groups is 1. The van der Waals surface area contributed by atoms with Gasteiger partial charge in [-0.25, -0.2) is 4.39 Å². The third kappa shape index (κ3) is 4.81. The number of halogens is 1. The van der Waals surface area contributed by atoms with Crippen LogP contribution in [0.3, 0.4) is 0 Å². The van der Waals surface area contributed by atoms with Crippen LogP contribution in [0, 0.1) is 11.7 Å². The first-order valence-electron chi connectivity index (χ1n) is 10.4. The summed E-state index contributed by atoms with van der Waals surface area (Å²) in [5, 5.41) is 3.22. The molecule has 1 aliphatic heterocycles. The molecule has 2 atom stereocenters. The number of hydrogen-bond acceptors (Lipinski definition) is 3. The lowest BCUT2D eigenvalue weighted by atomic mass is 9.81. The third-order valence-corrected chi connectivity index (χ3v) is 6.47. The molecule has 2 unspecified atom stereocenters. The maximum Gasteiger partial charge on any atom is 0.223 e. The van der Waals surface area contributed by atoms with Crippen LogP contribution >= 0.6 is 0 Å². The van der Waals surface area contributed by atoms with E-state index in [9.17, 15) is 9.18 Å². The van der Waals surface area contributed by atoms with Crippen molar-refractivity contribution in [3.63, 3.8) is 0 Å². The van der Waals surface area contributed by atoms with Crippen molar-refractivity contribution in [1.82, 2.24) is 10.2 Å². The molecule has 27 heavy (non-hydrogen) atoms. The first-order chi connectivity index (χ1) is 13.0. The number of benzene rings is 1. The van der Waals surface area contributed by atoms with Crippen molar-refractivity contribution in [2.45, 2.75) is 70.4 Å². The van der Waals surface area contributed by atoms with Gasteiger partial charge in [-0.05, 0) is 56.1 Å². The Morgan fingerprint density at radius 3 is 2.70 bits per heavy atom. The first kappa shape index (κ1) is 20.1. The fourth-order valence-electron chi connectivity index (χ4n) is 4.54. The maximum atomic E-state index is 13.5. The second kappa shape index (κ2) is 9.05. The van der Waals surface area contributed by atoms with E-state index in [1.54, 1.807) is 7.11 Å². The molecule has 2 aliphatic rings. The molecular weight excluding hydrogens is 343 g/mol. The van der Waals surface area contributed by atoms with Crippen molar-refractivity contribution in [2.75, 3.05) is 20.2 Å². The summed E-state index contributed by atoms with van der Waals surface area (Å²) < 4.78 is 18.8. The van der Waals surface area contributed by atoms with Crippen LogP contribution in [-0.4, -0.2) is 43.1 Å². The van der Waals surface area contributed by atoms with Crippen molar-refractivity contribution in [2.24, 2.45) is 5.92 Å². The standard InChI is InChI=1S/C22H33FN2O2/c1-4-15(2)22(26)24-18-11-12-25(14-18)19-8-5-16(6-9-19)20-10-7-17(23)13-21(20)27-3/h7,10,13,15-16,18-19H,4-6,8-9,11-12,14H2,1-3H3,(H,24,26). The summed E-state index contributed by atoms with van der Waals surface area (Å²) in [7, 11) is 1.61. The number of amides is 1. The molecule has 3 rings (SSSR count). The Labute approximate surface area is 162 Å². The average Bonchev–Trinajstić information content (AvgIpc) is 3.15. The normalized spacial score (nSPS) is 27.3. The van der Waals surface area contributed by atoms with E-state index in [1.165, 1.54) is 12.1 Å². The number of rotatable bonds is 6. The molecule has 1 N–H and O–H groups in total. The molecule has 4 nitrogen and oxygen atoms in total. The number of carbonyl (C=O) groups excluding carboxylic acids is 1. The summed E-state index contributed by atoms with van der Waals surface area (Å²) in [6.45, 7) is 6.09. The molecule has 1 amide bonds. The van der Waals surface area contributed by atoms with E-state index in [0.29, 0.717) is 23.8 Å². The molecule has 0 bridgehead atoms. The zero-order valence-corrected chi connectivity index (χ0v) is 16.8. The van der Waals surface area contributed by atoms with Crippen LogP contribution < -0.4 is 10.1 Å². The summed E-state index contributed by atoms with van der Waals surface area (Å²) >= 11 is 0. The van der Waals surface area contributed by atoms with Crippen LogP contribution in [0.25, 0.3) is 0 Å². The number of nitrogens with zero attached hydrogens (tertiary/aromatic N) is 1. The molecular formula is C22H33FN2O2. The molecule has 1 aromatic carbocycles. The first-order valence-corrected chi connectivity index (χ1v) is 10.4. The highest BCUT2D eigenvalue weighted by Gasteiger charge is 2.33. The highest BCUT2D eigenvalue weighted by molar-refractivity contribution is 5.78. The fraction of sp³-hybridized carbons (Fsp3) is 0.682. The van der Waals surface area contributed by atoms with Crippen LogP contribution in [0.4, 0.5) is 4.39 Å². The van der Waals surface area contributed by atoms with Crippen LogP contribution in [0.2, 0.25) is 0 Å². The van der Waals surface area contributed by atoms with Gasteiger partial charge in [-0.2, -0.15) is 0 Å². The molecule has 1 aromatic rings. The Kier molecular flexibility index (Phi) is 6.74. The molecule has 0 spiro atoms. The Morgan fingerprint density at radius 2 is 2.04 bits per heavy atom. The molecule has 5 heteroatoms. The van der Waals surface area contributed by atoms with Crippen molar-refractivity contribution in [3.8, 4) is 5.75 Å². The van der Waals surface area contributed by atoms with Gasteiger partial charge in [-0.3, -0.25) is 9.69 Å². The Balaban J connectivity index is 1.51.